The number of nitrogens with zero attached hydrogens (tertiary/aromatic N) is 3. The number of amides is 1. The van der Waals surface area contributed by atoms with Crippen LogP contribution in [0.2, 0.25) is 5.02 Å². The van der Waals surface area contributed by atoms with Gasteiger partial charge in [0.1, 0.15) is 5.76 Å². The minimum atomic E-state index is -0.206. The van der Waals surface area contributed by atoms with Crippen molar-refractivity contribution in [1.29, 1.82) is 0 Å². The number of hydrogen-bond acceptors (Lipinski definition) is 5. The van der Waals surface area contributed by atoms with Gasteiger partial charge in [-0.25, -0.2) is 10.4 Å². The van der Waals surface area contributed by atoms with Gasteiger partial charge >= 0.3 is 0 Å². The van der Waals surface area contributed by atoms with Crippen LogP contribution >= 0.6 is 23.4 Å². The summed E-state index contributed by atoms with van der Waals surface area (Å²) in [6.07, 6.45) is 5.03. The Kier molecular flexibility index (Phi) is 7.09. The van der Waals surface area contributed by atoms with Crippen molar-refractivity contribution < 1.29 is 9.21 Å². The van der Waals surface area contributed by atoms with E-state index in [1.807, 2.05) is 73.7 Å². The van der Waals surface area contributed by atoms with E-state index in [2.05, 4.69) is 15.1 Å². The summed E-state index contributed by atoms with van der Waals surface area (Å²) < 4.78 is 7.37. The Morgan fingerprint density at radius 2 is 2.00 bits per heavy atom. The van der Waals surface area contributed by atoms with Crippen LogP contribution in [0, 0.1) is 0 Å². The summed E-state index contributed by atoms with van der Waals surface area (Å²) in [6, 6.07) is 19.3. The first-order valence-electron chi connectivity index (χ1n) is 9.95. The number of para-hydroxylation sites is 2. The van der Waals surface area contributed by atoms with Gasteiger partial charge in [-0.2, -0.15) is 5.10 Å². The molecule has 0 unspecified atom stereocenters. The third kappa shape index (κ3) is 5.69. The summed E-state index contributed by atoms with van der Waals surface area (Å²) in [7, 11) is 0. The van der Waals surface area contributed by atoms with Crippen LogP contribution in [-0.4, -0.2) is 27.4 Å². The summed E-state index contributed by atoms with van der Waals surface area (Å²) >= 11 is 7.39. The highest BCUT2D eigenvalue weighted by atomic mass is 35.5. The second kappa shape index (κ2) is 10.3. The Morgan fingerprint density at radius 3 is 2.78 bits per heavy atom. The van der Waals surface area contributed by atoms with Crippen molar-refractivity contribution in [1.82, 2.24) is 15.0 Å². The highest BCUT2D eigenvalue weighted by Gasteiger charge is 2.13. The lowest BCUT2D eigenvalue weighted by Crippen LogP contribution is -2.20. The number of aromatic nitrogens is 2. The van der Waals surface area contributed by atoms with Crippen molar-refractivity contribution in [3.8, 4) is 0 Å². The Bertz CT molecular complexity index is 1260. The second-order valence-electron chi connectivity index (χ2n) is 7.08. The molecule has 0 bridgehead atoms. The van der Waals surface area contributed by atoms with Crippen LogP contribution in [0.5, 0.6) is 0 Å². The maximum atomic E-state index is 12.3. The number of furan rings is 1. The molecule has 1 N–H and O–H groups in total. The molecule has 2 heterocycles. The lowest BCUT2D eigenvalue weighted by molar-refractivity contribution is -0.118. The fourth-order valence-electron chi connectivity index (χ4n) is 3.09. The molecule has 2 aromatic carbocycles. The predicted molar refractivity (Wildman–Crippen MR) is 130 cm³/mol. The summed E-state index contributed by atoms with van der Waals surface area (Å²) in [5.41, 5.74) is 6.43. The van der Waals surface area contributed by atoms with Gasteiger partial charge in [-0.15, -0.1) is 0 Å². The highest BCUT2D eigenvalue weighted by Crippen LogP contribution is 2.25. The van der Waals surface area contributed by atoms with E-state index >= 15 is 0 Å². The summed E-state index contributed by atoms with van der Waals surface area (Å²) in [6.45, 7) is 2.52. The molecule has 6 nitrogen and oxygen atoms in total. The van der Waals surface area contributed by atoms with Crippen LogP contribution in [0.4, 0.5) is 0 Å². The van der Waals surface area contributed by atoms with E-state index in [1.54, 1.807) is 12.5 Å². The zero-order valence-corrected chi connectivity index (χ0v) is 18.9. The van der Waals surface area contributed by atoms with Gasteiger partial charge in [0, 0.05) is 5.02 Å². The van der Waals surface area contributed by atoms with E-state index < -0.39 is 0 Å². The van der Waals surface area contributed by atoms with Crippen molar-refractivity contribution in [3.63, 3.8) is 0 Å². The van der Waals surface area contributed by atoms with Crippen molar-refractivity contribution in [2.24, 2.45) is 5.10 Å². The Balaban J connectivity index is 1.41. The normalized spacial score (nSPS) is 12.0. The van der Waals surface area contributed by atoms with Gasteiger partial charge in [0.25, 0.3) is 5.91 Å². The van der Waals surface area contributed by atoms with Gasteiger partial charge in [0.05, 0.1) is 35.8 Å². The van der Waals surface area contributed by atoms with Gasteiger partial charge in [-0.3, -0.25) is 4.79 Å². The van der Waals surface area contributed by atoms with Gasteiger partial charge in [0.2, 0.25) is 0 Å². The smallest absolute Gasteiger partial charge is 0.250 e. The number of allylic oxidation sites excluding steroid dienone is 1. The second-order valence-corrected chi connectivity index (χ2v) is 8.46. The molecule has 162 valence electrons. The lowest BCUT2D eigenvalue weighted by atomic mass is 10.2. The van der Waals surface area contributed by atoms with E-state index in [0.29, 0.717) is 11.6 Å². The number of fused-ring (bicyclic) bond motifs is 1. The van der Waals surface area contributed by atoms with Gasteiger partial charge < -0.3 is 8.98 Å². The fraction of sp³-hybridized carbons (Fsp3) is 0.125. The fourth-order valence-corrected chi connectivity index (χ4v) is 4.02. The molecule has 32 heavy (non-hydrogen) atoms. The number of thioether (sulfide) groups is 1. The SMILES string of the molecule is CC(/C=N\NC(=O)CSc1nc2ccccc2n1Cc1ccc(Cl)cc1)=C\c1ccco1. The third-order valence-electron chi connectivity index (χ3n) is 4.58. The molecule has 0 aliphatic heterocycles. The van der Waals surface area contributed by atoms with Gasteiger partial charge in [0.15, 0.2) is 5.16 Å². The molecule has 8 heteroatoms. The molecular formula is C24H21ClN4O2S. The third-order valence-corrected chi connectivity index (χ3v) is 5.80. The van der Waals surface area contributed by atoms with Crippen LogP contribution in [0.1, 0.15) is 18.2 Å². The molecule has 0 aliphatic rings. The summed E-state index contributed by atoms with van der Waals surface area (Å²) in [5.74, 6) is 0.722. The van der Waals surface area contributed by atoms with E-state index in [9.17, 15) is 4.79 Å². The maximum Gasteiger partial charge on any atom is 0.250 e. The Morgan fingerprint density at radius 1 is 1.19 bits per heavy atom. The van der Waals surface area contributed by atoms with Crippen LogP contribution in [0.3, 0.4) is 0 Å². The topological polar surface area (TPSA) is 72.4 Å². The maximum absolute atomic E-state index is 12.3. The molecule has 1 amide bonds. The molecule has 0 fully saturated rings. The number of benzene rings is 2. The summed E-state index contributed by atoms with van der Waals surface area (Å²) in [4.78, 5) is 17.0. The van der Waals surface area contributed by atoms with E-state index in [0.717, 1.165) is 33.1 Å². The number of rotatable bonds is 8. The van der Waals surface area contributed by atoms with Crippen LogP contribution in [0.25, 0.3) is 17.1 Å². The predicted octanol–water partition coefficient (Wildman–Crippen LogP) is 5.63. The Labute approximate surface area is 195 Å². The molecule has 2 aromatic heterocycles. The first-order chi connectivity index (χ1) is 15.6. The lowest BCUT2D eigenvalue weighted by Gasteiger charge is -2.09. The average Bonchev–Trinajstić information content (AvgIpc) is 3.42. The molecule has 0 radical (unpaired) electrons. The monoisotopic (exact) mass is 464 g/mol. The van der Waals surface area contributed by atoms with Crippen molar-refractivity contribution >= 4 is 52.6 Å². The zero-order chi connectivity index (χ0) is 22.3. The zero-order valence-electron chi connectivity index (χ0n) is 17.4. The number of halogens is 1. The molecule has 4 aromatic rings. The largest absolute Gasteiger partial charge is 0.465 e. The Hall–Kier alpha value is -3.29. The molecule has 0 saturated heterocycles. The van der Waals surface area contributed by atoms with E-state index in [4.69, 9.17) is 21.0 Å². The van der Waals surface area contributed by atoms with E-state index in [1.165, 1.54) is 11.8 Å². The minimum Gasteiger partial charge on any atom is -0.465 e. The number of hydrogen-bond donors (Lipinski definition) is 1. The van der Waals surface area contributed by atoms with Crippen molar-refractivity contribution in [2.45, 2.75) is 18.6 Å². The highest BCUT2D eigenvalue weighted by molar-refractivity contribution is 7.99. The first kappa shape index (κ1) is 21.9. The number of carbonyl (C=O) groups is 1. The number of nitrogens with one attached hydrogen (secondary N) is 1. The first-order valence-corrected chi connectivity index (χ1v) is 11.3. The minimum absolute atomic E-state index is 0.197. The molecule has 4 rings (SSSR count). The molecular weight excluding hydrogens is 444 g/mol. The molecule has 0 spiro atoms. The number of imidazole rings is 1. The average molecular weight is 465 g/mol. The van der Waals surface area contributed by atoms with Gasteiger partial charge in [-0.1, -0.05) is 47.6 Å². The van der Waals surface area contributed by atoms with Crippen molar-refractivity contribution in [2.75, 3.05) is 5.75 Å². The quantitative estimate of drug-likeness (QED) is 0.208. The molecule has 0 aliphatic carbocycles. The molecule has 0 atom stereocenters. The summed E-state index contributed by atoms with van der Waals surface area (Å²) in [5, 5.41) is 5.49. The van der Waals surface area contributed by atoms with Gasteiger partial charge in [-0.05, 0) is 60.5 Å². The van der Waals surface area contributed by atoms with Crippen LogP contribution in [0.15, 0.2) is 87.2 Å². The van der Waals surface area contributed by atoms with E-state index in [-0.39, 0.29) is 11.7 Å². The van der Waals surface area contributed by atoms with Crippen LogP contribution in [-0.2, 0) is 11.3 Å². The number of hydrazone groups is 1. The van der Waals surface area contributed by atoms with Crippen LogP contribution < -0.4 is 5.43 Å². The standard InChI is InChI=1S/C24H21ClN4O2S/c1-17(13-20-5-4-12-31-20)14-26-28-23(30)16-32-24-27-21-6-2-3-7-22(21)29(24)15-18-8-10-19(25)11-9-18/h2-14H,15-16H2,1H3,(H,28,30)/b17-13+,26-14-. The molecule has 0 saturated carbocycles. The van der Waals surface area contributed by atoms with Crippen molar-refractivity contribution in [3.05, 3.63) is 88.8 Å². The number of carbonyl (C=O) groups excluding carboxylic acids is 1.